The van der Waals surface area contributed by atoms with E-state index in [9.17, 15) is 13.2 Å². The van der Waals surface area contributed by atoms with E-state index in [0.717, 1.165) is 69.0 Å². The third kappa shape index (κ3) is 3.89. The molecule has 2 aliphatic carbocycles. The van der Waals surface area contributed by atoms with Crippen molar-refractivity contribution in [2.24, 2.45) is 0 Å². The maximum absolute atomic E-state index is 12.4. The number of fused-ring (bicyclic) bond motifs is 2. The summed E-state index contributed by atoms with van der Waals surface area (Å²) in [4.78, 5) is 14.6. The van der Waals surface area contributed by atoms with Crippen molar-refractivity contribution in [2.75, 3.05) is 18.9 Å². The van der Waals surface area contributed by atoms with E-state index in [1.54, 1.807) is 6.08 Å². The molecule has 1 aromatic carbocycles. The molecule has 146 valence electrons. The summed E-state index contributed by atoms with van der Waals surface area (Å²) in [7, 11) is -1.83. The van der Waals surface area contributed by atoms with Gasteiger partial charge in [-0.1, -0.05) is 12.1 Å². The normalized spacial score (nSPS) is 22.2. The number of sulfonamides is 1. The molecule has 2 N–H and O–H groups in total. The highest BCUT2D eigenvalue weighted by atomic mass is 32.2. The Morgan fingerprint density at radius 3 is 2.37 bits per heavy atom. The molecule has 0 radical (unpaired) electrons. The molecule has 0 spiro atoms. The number of hydrogen-bond acceptors (Lipinski definition) is 4. The number of carbonyl (C=O) groups excluding carboxylic acids is 1. The molecule has 27 heavy (non-hydrogen) atoms. The number of nitrogens with one attached hydrogen (secondary N) is 2. The van der Waals surface area contributed by atoms with Crippen molar-refractivity contribution < 1.29 is 13.2 Å². The number of amides is 2. The zero-order valence-corrected chi connectivity index (χ0v) is 16.6. The highest BCUT2D eigenvalue weighted by molar-refractivity contribution is 7.92. The molecule has 1 aromatic rings. The third-order valence-electron chi connectivity index (χ3n) is 6.00. The molecule has 2 amide bonds. The minimum absolute atomic E-state index is 0.116. The lowest BCUT2D eigenvalue weighted by Gasteiger charge is -2.16. The van der Waals surface area contributed by atoms with Crippen LogP contribution in [-0.2, 0) is 35.7 Å². The Hall–Kier alpha value is -1.86. The summed E-state index contributed by atoms with van der Waals surface area (Å²) < 4.78 is 26.7. The van der Waals surface area contributed by atoms with Gasteiger partial charge in [-0.25, -0.2) is 17.9 Å². The number of anilines is 1. The molecule has 1 heterocycles. The van der Waals surface area contributed by atoms with Crippen molar-refractivity contribution in [1.29, 1.82) is 0 Å². The standard InChI is InChI=1S/C20H27N3O3S/c1-23-11-4-7-16(23)10-12-27(25,26)22-20(24)21-19-17-8-2-5-14(17)13-15-6-3-9-18(15)19/h10,12-13,16H,2-9,11H2,1H3,(H2,21,22,24)/b12-10+. The average Bonchev–Trinajstić information content (AvgIpc) is 3.32. The zero-order chi connectivity index (χ0) is 19.0. The first-order valence-corrected chi connectivity index (χ1v) is 11.4. The van der Waals surface area contributed by atoms with Gasteiger partial charge >= 0.3 is 6.03 Å². The van der Waals surface area contributed by atoms with Crippen LogP contribution in [0.2, 0.25) is 0 Å². The van der Waals surface area contributed by atoms with Crippen LogP contribution in [0, 0.1) is 0 Å². The van der Waals surface area contributed by atoms with Crippen LogP contribution in [0.1, 0.15) is 47.9 Å². The lowest BCUT2D eigenvalue weighted by atomic mass is 9.99. The molecule has 1 unspecified atom stereocenters. The molecular formula is C20H27N3O3S. The van der Waals surface area contributed by atoms with Crippen molar-refractivity contribution in [3.05, 3.63) is 39.8 Å². The predicted molar refractivity (Wildman–Crippen MR) is 106 cm³/mol. The monoisotopic (exact) mass is 389 g/mol. The second kappa shape index (κ2) is 7.28. The summed E-state index contributed by atoms with van der Waals surface area (Å²) in [5, 5.41) is 3.99. The maximum Gasteiger partial charge on any atom is 0.333 e. The van der Waals surface area contributed by atoms with Gasteiger partial charge in [0.25, 0.3) is 10.0 Å². The number of aryl methyl sites for hydroxylation is 2. The van der Waals surface area contributed by atoms with E-state index in [2.05, 4.69) is 21.0 Å². The Balaban J connectivity index is 1.48. The summed E-state index contributed by atoms with van der Waals surface area (Å²) >= 11 is 0. The van der Waals surface area contributed by atoms with Crippen molar-refractivity contribution >= 4 is 21.7 Å². The minimum Gasteiger partial charge on any atom is -0.307 e. The Kier molecular flexibility index (Phi) is 4.99. The fraction of sp³-hybridized carbons (Fsp3) is 0.550. The highest BCUT2D eigenvalue weighted by Crippen LogP contribution is 2.38. The van der Waals surface area contributed by atoms with Gasteiger partial charge in [-0.15, -0.1) is 0 Å². The number of urea groups is 1. The largest absolute Gasteiger partial charge is 0.333 e. The van der Waals surface area contributed by atoms with Gasteiger partial charge in [-0.2, -0.15) is 0 Å². The minimum atomic E-state index is -3.81. The van der Waals surface area contributed by atoms with E-state index in [1.165, 1.54) is 22.3 Å². The molecule has 0 saturated carbocycles. The number of benzene rings is 1. The molecule has 3 aliphatic rings. The Morgan fingerprint density at radius 2 is 1.78 bits per heavy atom. The first kappa shape index (κ1) is 18.5. The molecule has 0 bridgehead atoms. The van der Waals surface area contributed by atoms with E-state index in [1.807, 2.05) is 7.05 Å². The molecule has 1 fully saturated rings. The smallest absolute Gasteiger partial charge is 0.307 e. The van der Waals surface area contributed by atoms with Crippen molar-refractivity contribution in [1.82, 2.24) is 9.62 Å². The summed E-state index contributed by atoms with van der Waals surface area (Å²) in [5.74, 6) is 0. The summed E-state index contributed by atoms with van der Waals surface area (Å²) in [6, 6.07) is 1.73. The molecule has 1 saturated heterocycles. The molecular weight excluding hydrogens is 362 g/mol. The second-order valence-corrected chi connectivity index (χ2v) is 9.42. The van der Waals surface area contributed by atoms with Crippen LogP contribution in [-0.4, -0.2) is 39.0 Å². The molecule has 1 atom stereocenters. The van der Waals surface area contributed by atoms with Gasteiger partial charge in [0.05, 0.1) is 0 Å². The van der Waals surface area contributed by atoms with Crippen LogP contribution in [0.5, 0.6) is 0 Å². The summed E-state index contributed by atoms with van der Waals surface area (Å²) in [6.45, 7) is 0.965. The molecule has 1 aliphatic heterocycles. The van der Waals surface area contributed by atoms with Crippen LogP contribution < -0.4 is 10.0 Å². The van der Waals surface area contributed by atoms with Gasteiger partial charge in [0.15, 0.2) is 0 Å². The van der Waals surface area contributed by atoms with Crippen molar-refractivity contribution in [3.8, 4) is 0 Å². The maximum atomic E-state index is 12.4. The van der Waals surface area contributed by atoms with Crippen LogP contribution in [0.4, 0.5) is 10.5 Å². The van der Waals surface area contributed by atoms with Crippen LogP contribution in [0.25, 0.3) is 0 Å². The highest BCUT2D eigenvalue weighted by Gasteiger charge is 2.26. The van der Waals surface area contributed by atoms with Gasteiger partial charge in [0, 0.05) is 17.1 Å². The molecule has 7 heteroatoms. The number of rotatable bonds is 4. The fourth-order valence-electron chi connectivity index (χ4n) is 4.64. The molecule has 4 rings (SSSR count). The van der Waals surface area contributed by atoms with E-state index in [0.29, 0.717) is 0 Å². The quantitative estimate of drug-likeness (QED) is 0.830. The van der Waals surface area contributed by atoms with Crippen LogP contribution in [0.3, 0.4) is 0 Å². The van der Waals surface area contributed by atoms with Crippen molar-refractivity contribution in [3.63, 3.8) is 0 Å². The van der Waals surface area contributed by atoms with Crippen molar-refractivity contribution in [2.45, 2.75) is 57.4 Å². The van der Waals surface area contributed by atoms with E-state index < -0.39 is 16.1 Å². The van der Waals surface area contributed by atoms with Gasteiger partial charge in [0.2, 0.25) is 0 Å². The first-order chi connectivity index (χ1) is 12.9. The predicted octanol–water partition coefficient (Wildman–Crippen LogP) is 2.72. The van der Waals surface area contributed by atoms with E-state index in [-0.39, 0.29) is 6.04 Å². The summed E-state index contributed by atoms with van der Waals surface area (Å²) in [5.41, 5.74) is 5.83. The second-order valence-electron chi connectivity index (χ2n) is 7.85. The Morgan fingerprint density at radius 1 is 1.11 bits per heavy atom. The van der Waals surface area contributed by atoms with Gasteiger partial charge in [-0.3, -0.25) is 4.90 Å². The van der Waals surface area contributed by atoms with E-state index in [4.69, 9.17) is 0 Å². The molecule has 0 aromatic heterocycles. The number of likely N-dealkylation sites (tertiary alicyclic amines) is 1. The molecule has 6 nitrogen and oxygen atoms in total. The third-order valence-corrected chi connectivity index (χ3v) is 6.99. The Labute approximate surface area is 161 Å². The zero-order valence-electron chi connectivity index (χ0n) is 15.8. The van der Waals surface area contributed by atoms with Gasteiger partial charge < -0.3 is 5.32 Å². The lowest BCUT2D eigenvalue weighted by molar-refractivity contribution is 0.256. The average molecular weight is 390 g/mol. The lowest BCUT2D eigenvalue weighted by Crippen LogP contribution is -2.34. The SMILES string of the molecule is CN1CCCC1/C=C/S(=O)(=O)NC(=O)Nc1c2c(cc3c1CCC3)CCC2. The fourth-order valence-corrected chi connectivity index (χ4v) is 5.41. The Bertz CT molecular complexity index is 860. The van der Waals surface area contributed by atoms with E-state index >= 15 is 0 Å². The number of carbonyl (C=O) groups is 1. The van der Waals surface area contributed by atoms with Gasteiger partial charge in [-0.05, 0) is 87.2 Å². The van der Waals surface area contributed by atoms with Crippen LogP contribution in [0.15, 0.2) is 17.6 Å². The first-order valence-electron chi connectivity index (χ1n) is 9.82. The van der Waals surface area contributed by atoms with Gasteiger partial charge in [0.1, 0.15) is 0 Å². The topological polar surface area (TPSA) is 78.5 Å². The summed E-state index contributed by atoms with van der Waals surface area (Å²) in [6.07, 6.45) is 9.80. The van der Waals surface area contributed by atoms with Crippen LogP contribution >= 0.6 is 0 Å². The number of likely N-dealkylation sites (N-methyl/N-ethyl adjacent to an activating group) is 1. The number of hydrogen-bond donors (Lipinski definition) is 2. The number of nitrogens with zero attached hydrogens (tertiary/aromatic N) is 1.